The van der Waals surface area contributed by atoms with Gasteiger partial charge in [0.15, 0.2) is 29.1 Å². The lowest BCUT2D eigenvalue weighted by molar-refractivity contribution is -0.137. The number of phosphoric ester groups is 3. The SMILES string of the molecule is CC(C)(COP(=O)(O)OP(=O)(O)OC[C@H]1O[C@@H](n2cnc3c(N)ncnc32)[C@H](O)[C@@H]1OP(=O)(O)O)[C@@H](O)C(=O)NCCC(=O)NCCSC(=O)CCCCC(O)O. The molecular formula is C27H46N7O19P3S. The first kappa shape index (κ1) is 48.8. The number of nitrogens with zero attached hydrogens (tertiary/aromatic N) is 4. The van der Waals surface area contributed by atoms with Gasteiger partial charge in [0.2, 0.25) is 11.8 Å². The lowest BCUT2D eigenvalue weighted by Gasteiger charge is -2.30. The van der Waals surface area contributed by atoms with E-state index in [1.165, 1.54) is 13.8 Å². The van der Waals surface area contributed by atoms with Crippen LogP contribution in [0.3, 0.4) is 0 Å². The first-order chi connectivity index (χ1) is 26.4. The van der Waals surface area contributed by atoms with E-state index in [1.807, 2.05) is 0 Å². The molecule has 1 aliphatic rings. The van der Waals surface area contributed by atoms with E-state index < -0.39 is 90.8 Å². The van der Waals surface area contributed by atoms with Gasteiger partial charge in [-0.2, -0.15) is 4.31 Å². The molecule has 57 heavy (non-hydrogen) atoms. The molecule has 0 bridgehead atoms. The topological polar surface area (TPSA) is 404 Å². The molecule has 0 aromatic carbocycles. The first-order valence-corrected chi connectivity index (χ1v) is 22.3. The second-order valence-corrected chi connectivity index (χ2v) is 18.4. The van der Waals surface area contributed by atoms with Gasteiger partial charge in [0.25, 0.3) is 0 Å². The van der Waals surface area contributed by atoms with Crippen molar-refractivity contribution >= 4 is 69.1 Å². The summed E-state index contributed by atoms with van der Waals surface area (Å²) in [6, 6.07) is 0. The van der Waals surface area contributed by atoms with Crippen LogP contribution in [0.15, 0.2) is 12.7 Å². The molecule has 30 heteroatoms. The second-order valence-electron chi connectivity index (χ2n) is 13.0. The van der Waals surface area contributed by atoms with E-state index >= 15 is 0 Å². The summed E-state index contributed by atoms with van der Waals surface area (Å²) < 4.78 is 62.0. The van der Waals surface area contributed by atoms with Crippen molar-refractivity contribution in [2.75, 3.05) is 37.8 Å². The summed E-state index contributed by atoms with van der Waals surface area (Å²) in [5.74, 6) is -1.24. The predicted molar refractivity (Wildman–Crippen MR) is 194 cm³/mol. The number of fused-ring (bicyclic) bond motifs is 1. The van der Waals surface area contributed by atoms with Crippen molar-refractivity contribution in [1.29, 1.82) is 0 Å². The lowest BCUT2D eigenvalue weighted by atomic mass is 9.87. The van der Waals surface area contributed by atoms with Crippen LogP contribution in [0.5, 0.6) is 0 Å². The molecule has 1 aliphatic heterocycles. The minimum absolute atomic E-state index is 0.0232. The van der Waals surface area contributed by atoms with Gasteiger partial charge in [0.05, 0.1) is 19.5 Å². The number of aliphatic hydroxyl groups is 4. The van der Waals surface area contributed by atoms with E-state index in [4.69, 9.17) is 29.7 Å². The minimum atomic E-state index is -5.58. The molecule has 1 saturated heterocycles. The van der Waals surface area contributed by atoms with Crippen LogP contribution in [-0.4, -0.2) is 139 Å². The van der Waals surface area contributed by atoms with Gasteiger partial charge >= 0.3 is 23.5 Å². The molecule has 0 aliphatic carbocycles. The predicted octanol–water partition coefficient (Wildman–Crippen LogP) is -1.46. The zero-order valence-electron chi connectivity index (χ0n) is 30.4. The monoisotopic (exact) mass is 897 g/mol. The molecule has 2 unspecified atom stereocenters. The number of thioether (sulfide) groups is 1. The Morgan fingerprint density at radius 1 is 1.00 bits per heavy atom. The maximum absolute atomic E-state index is 12.7. The minimum Gasteiger partial charge on any atom is -0.386 e. The quantitative estimate of drug-likeness (QED) is 0.0326. The van der Waals surface area contributed by atoms with Crippen LogP contribution in [0.4, 0.5) is 5.82 Å². The normalized spacial score (nSPS) is 21.6. The van der Waals surface area contributed by atoms with Crippen LogP contribution in [0.1, 0.15) is 52.2 Å². The number of nitrogens with two attached hydrogens (primary N) is 1. The zero-order chi connectivity index (χ0) is 42.8. The fraction of sp³-hybridized carbons (Fsp3) is 0.704. The summed E-state index contributed by atoms with van der Waals surface area (Å²) >= 11 is 1.00. The molecule has 0 radical (unpaired) electrons. The van der Waals surface area contributed by atoms with E-state index in [9.17, 15) is 57.9 Å². The van der Waals surface area contributed by atoms with Gasteiger partial charge in [-0.05, 0) is 19.3 Å². The van der Waals surface area contributed by atoms with Crippen molar-refractivity contribution in [2.45, 2.75) is 82.9 Å². The second kappa shape index (κ2) is 21.1. The number of carbonyl (C=O) groups is 3. The molecule has 0 spiro atoms. The number of amides is 2. The van der Waals surface area contributed by atoms with Gasteiger partial charge in [0, 0.05) is 37.1 Å². The Morgan fingerprint density at radius 3 is 2.35 bits per heavy atom. The van der Waals surface area contributed by atoms with Crippen molar-refractivity contribution in [3.05, 3.63) is 12.7 Å². The van der Waals surface area contributed by atoms with Gasteiger partial charge in [-0.1, -0.05) is 25.6 Å². The number of unbranched alkanes of at least 4 members (excludes halogenated alkanes) is 1. The summed E-state index contributed by atoms with van der Waals surface area (Å²) in [5, 5.41) is 43.8. The van der Waals surface area contributed by atoms with Crippen LogP contribution in [0.2, 0.25) is 0 Å². The Balaban J connectivity index is 1.45. The number of imidazole rings is 1. The summed E-state index contributed by atoms with van der Waals surface area (Å²) in [5.41, 5.74) is 4.22. The van der Waals surface area contributed by atoms with Crippen molar-refractivity contribution in [1.82, 2.24) is 30.2 Å². The van der Waals surface area contributed by atoms with Gasteiger partial charge in [-0.3, -0.25) is 32.5 Å². The third kappa shape index (κ3) is 15.9. The number of nitrogen functional groups attached to an aromatic ring is 1. The molecule has 2 aromatic rings. The number of hydrogen-bond donors (Lipinski definition) is 11. The van der Waals surface area contributed by atoms with Crippen LogP contribution >= 0.6 is 35.2 Å². The number of ether oxygens (including phenoxy) is 1. The van der Waals surface area contributed by atoms with E-state index in [0.717, 1.165) is 29.0 Å². The number of hydrogen-bond acceptors (Lipinski definition) is 20. The maximum atomic E-state index is 12.7. The van der Waals surface area contributed by atoms with Crippen LogP contribution in [0.25, 0.3) is 11.2 Å². The zero-order valence-corrected chi connectivity index (χ0v) is 33.9. The van der Waals surface area contributed by atoms with Crippen LogP contribution in [-0.2, 0) is 50.7 Å². The fourth-order valence-electron chi connectivity index (χ4n) is 4.96. The number of aromatic nitrogens is 4. The Labute approximate surface area is 328 Å². The van der Waals surface area contributed by atoms with E-state index in [-0.39, 0.29) is 60.2 Å². The number of aliphatic hydroxyl groups excluding tert-OH is 3. The van der Waals surface area contributed by atoms with Gasteiger partial charge in [-0.15, -0.1) is 0 Å². The molecule has 3 heterocycles. The lowest BCUT2D eigenvalue weighted by Crippen LogP contribution is -2.46. The molecule has 324 valence electrons. The Kier molecular flexibility index (Phi) is 18.1. The molecule has 0 saturated carbocycles. The van der Waals surface area contributed by atoms with Gasteiger partial charge < -0.3 is 61.1 Å². The van der Waals surface area contributed by atoms with Gasteiger partial charge in [-0.25, -0.2) is 28.6 Å². The highest BCUT2D eigenvalue weighted by molar-refractivity contribution is 8.13. The third-order valence-corrected chi connectivity index (χ3v) is 11.9. The number of nitrogens with one attached hydrogen (secondary N) is 2. The average Bonchev–Trinajstić information content (AvgIpc) is 3.66. The summed E-state index contributed by atoms with van der Waals surface area (Å²) in [6.07, 6.45) is -7.06. The van der Waals surface area contributed by atoms with Crippen LogP contribution < -0.4 is 16.4 Å². The maximum Gasteiger partial charge on any atom is 0.481 e. The molecule has 2 amide bonds. The highest BCUT2D eigenvalue weighted by atomic mass is 32.2. The molecule has 26 nitrogen and oxygen atoms in total. The summed E-state index contributed by atoms with van der Waals surface area (Å²) in [6.45, 7) is 0.353. The molecule has 7 atom stereocenters. The highest BCUT2D eigenvalue weighted by Crippen LogP contribution is 2.61. The van der Waals surface area contributed by atoms with Crippen molar-refractivity contribution in [2.24, 2.45) is 5.41 Å². The fourth-order valence-corrected chi connectivity index (χ4v) is 8.51. The molecule has 12 N–H and O–H groups in total. The largest absolute Gasteiger partial charge is 0.481 e. The highest BCUT2D eigenvalue weighted by Gasteiger charge is 2.50. The van der Waals surface area contributed by atoms with Gasteiger partial charge in [0.1, 0.15) is 36.3 Å². The standard InChI is InChI=1S/C27H46N7O19P3S/c1-27(2,22(40)25(41)30-8-7-16(35)29-9-10-57-18(38)6-4-3-5-17(36)37)12-50-56(47,48)53-55(45,46)49-11-15-21(52-54(42,43)44)20(39)26(51-15)34-14-33-19-23(28)31-13-32-24(19)34/h13-15,17,20-22,26,36-37,39-40H,3-12H2,1-2H3,(H,29,35)(H,30,41)(H,45,46)(H,47,48)(H2,28,31,32)(H2,42,43,44)/t15-,20-,21-,22+,26-/m1/s1. The van der Waals surface area contributed by atoms with Crippen molar-refractivity contribution in [3.8, 4) is 0 Å². The molecule has 2 aromatic heterocycles. The molecule has 1 fully saturated rings. The Bertz CT molecular complexity index is 1830. The summed E-state index contributed by atoms with van der Waals surface area (Å²) in [7, 11) is -16.4. The average molecular weight is 898 g/mol. The third-order valence-electron chi connectivity index (χ3n) is 7.86. The van der Waals surface area contributed by atoms with E-state index in [0.29, 0.717) is 12.8 Å². The van der Waals surface area contributed by atoms with Crippen molar-refractivity contribution < 1.29 is 90.7 Å². The Morgan fingerprint density at radius 2 is 1.68 bits per heavy atom. The van der Waals surface area contributed by atoms with Crippen molar-refractivity contribution in [3.63, 3.8) is 0 Å². The smallest absolute Gasteiger partial charge is 0.386 e. The first-order valence-electron chi connectivity index (χ1n) is 16.8. The van der Waals surface area contributed by atoms with E-state index in [2.05, 4.69) is 34.4 Å². The molecular weight excluding hydrogens is 851 g/mol. The number of anilines is 1. The molecule has 3 rings (SSSR count). The van der Waals surface area contributed by atoms with E-state index in [1.54, 1.807) is 0 Å². The number of rotatable bonds is 24. The number of phosphoric acid groups is 3. The Hall–Kier alpha value is -2.52. The van der Waals surface area contributed by atoms with Crippen LogP contribution in [0, 0.1) is 5.41 Å². The summed E-state index contributed by atoms with van der Waals surface area (Å²) in [4.78, 5) is 87.3. The number of carbonyl (C=O) groups excluding carboxylic acids is 3.